The summed E-state index contributed by atoms with van der Waals surface area (Å²) < 4.78 is 9.14. The Labute approximate surface area is 147 Å². The number of hydrogen-bond acceptors (Lipinski definition) is 3. The van der Waals surface area contributed by atoms with Crippen molar-refractivity contribution < 1.29 is 14.1 Å². The molecule has 3 rings (SSSR count). The van der Waals surface area contributed by atoms with E-state index in [-0.39, 0.29) is 12.3 Å². The highest BCUT2D eigenvalue weighted by atomic mass is 16.5. The van der Waals surface area contributed by atoms with Gasteiger partial charge in [0.25, 0.3) is 0 Å². The number of carbonyl (C=O) groups excluding carboxylic acids is 1. The van der Waals surface area contributed by atoms with Crippen molar-refractivity contribution in [3.63, 3.8) is 0 Å². The molecular formula is C20H24N3O2+. The van der Waals surface area contributed by atoms with Gasteiger partial charge in [-0.05, 0) is 42.8 Å². The van der Waals surface area contributed by atoms with Crippen molar-refractivity contribution in [2.24, 2.45) is 0 Å². The van der Waals surface area contributed by atoms with Crippen molar-refractivity contribution in [1.82, 2.24) is 4.57 Å². The lowest BCUT2D eigenvalue weighted by atomic mass is 10.1. The number of aromatic nitrogens is 2. The summed E-state index contributed by atoms with van der Waals surface area (Å²) in [6, 6.07) is 15.2. The molecule has 0 saturated heterocycles. The van der Waals surface area contributed by atoms with Crippen LogP contribution < -0.4 is 15.0 Å². The number of fused-ring (bicyclic) bond motifs is 1. The van der Waals surface area contributed by atoms with E-state index in [4.69, 9.17) is 10.5 Å². The molecule has 1 aromatic heterocycles. The molecule has 2 aromatic carbocycles. The van der Waals surface area contributed by atoms with Crippen LogP contribution in [0.2, 0.25) is 0 Å². The van der Waals surface area contributed by atoms with Gasteiger partial charge in [0.2, 0.25) is 0 Å². The predicted molar refractivity (Wildman–Crippen MR) is 98.8 cm³/mol. The summed E-state index contributed by atoms with van der Waals surface area (Å²) >= 11 is 0. The average molecular weight is 338 g/mol. The van der Waals surface area contributed by atoms with Gasteiger partial charge in [-0.3, -0.25) is 10.5 Å². The molecule has 25 heavy (non-hydrogen) atoms. The second-order valence-electron chi connectivity index (χ2n) is 6.09. The molecular weight excluding hydrogens is 314 g/mol. The van der Waals surface area contributed by atoms with Gasteiger partial charge in [0.15, 0.2) is 5.78 Å². The molecule has 0 atom stereocenters. The predicted octanol–water partition coefficient (Wildman–Crippen LogP) is 3.20. The monoisotopic (exact) mass is 338 g/mol. The van der Waals surface area contributed by atoms with Gasteiger partial charge in [0.1, 0.15) is 23.3 Å². The van der Waals surface area contributed by atoms with E-state index in [0.717, 1.165) is 36.2 Å². The average Bonchev–Trinajstić information content (AvgIpc) is 2.91. The van der Waals surface area contributed by atoms with Crippen LogP contribution in [-0.2, 0) is 13.1 Å². The topological polar surface area (TPSA) is 61.1 Å². The number of rotatable bonds is 7. The highest BCUT2D eigenvalue weighted by molar-refractivity contribution is 5.95. The Balaban J connectivity index is 1.94. The Morgan fingerprint density at radius 1 is 1.16 bits per heavy atom. The first-order valence-electron chi connectivity index (χ1n) is 8.59. The Kier molecular flexibility index (Phi) is 5.03. The molecule has 0 aliphatic rings. The second kappa shape index (κ2) is 7.38. The fraction of sp³-hybridized carbons (Fsp3) is 0.300. The molecule has 0 bridgehead atoms. The molecule has 3 aromatic rings. The minimum Gasteiger partial charge on any atom is -0.497 e. The highest BCUT2D eigenvalue weighted by Gasteiger charge is 2.22. The molecule has 130 valence electrons. The molecule has 0 fully saturated rings. The number of nitrogen functional groups attached to an aromatic ring is 1. The van der Waals surface area contributed by atoms with Gasteiger partial charge in [0.05, 0.1) is 13.7 Å². The lowest BCUT2D eigenvalue weighted by Gasteiger charge is -2.04. The third-order valence-electron chi connectivity index (χ3n) is 4.47. The van der Waals surface area contributed by atoms with Gasteiger partial charge < -0.3 is 4.74 Å². The van der Waals surface area contributed by atoms with E-state index in [0.29, 0.717) is 11.5 Å². The van der Waals surface area contributed by atoms with Crippen LogP contribution in [-0.4, -0.2) is 17.5 Å². The summed E-state index contributed by atoms with van der Waals surface area (Å²) in [5, 5.41) is 0. The maximum absolute atomic E-state index is 12.7. The summed E-state index contributed by atoms with van der Waals surface area (Å²) in [4.78, 5) is 12.7. The zero-order chi connectivity index (χ0) is 17.8. The number of para-hydroxylation sites is 2. The summed E-state index contributed by atoms with van der Waals surface area (Å²) in [5.41, 5.74) is 9.08. The van der Waals surface area contributed by atoms with Gasteiger partial charge in [-0.2, -0.15) is 0 Å². The fourth-order valence-electron chi connectivity index (χ4n) is 3.04. The SMILES string of the molecule is CCCCn1c(N)[n+](CC(=O)c2ccc(OC)cc2)c2ccccc21. The summed E-state index contributed by atoms with van der Waals surface area (Å²) in [6.07, 6.45) is 2.14. The molecule has 5 heteroatoms. The first kappa shape index (κ1) is 17.0. The number of carbonyl (C=O) groups is 1. The number of anilines is 1. The van der Waals surface area contributed by atoms with Crippen LogP contribution in [0.1, 0.15) is 30.1 Å². The zero-order valence-corrected chi connectivity index (χ0v) is 14.7. The van der Waals surface area contributed by atoms with Crippen LogP contribution in [0.4, 0.5) is 5.95 Å². The number of unbranched alkanes of at least 4 members (excludes halogenated alkanes) is 1. The molecule has 0 saturated carbocycles. The third-order valence-corrected chi connectivity index (χ3v) is 4.47. The Morgan fingerprint density at radius 2 is 1.88 bits per heavy atom. The van der Waals surface area contributed by atoms with Crippen LogP contribution in [0.15, 0.2) is 48.5 Å². The number of benzene rings is 2. The number of imidazole rings is 1. The number of aryl methyl sites for hydroxylation is 1. The highest BCUT2D eigenvalue weighted by Crippen LogP contribution is 2.18. The first-order valence-corrected chi connectivity index (χ1v) is 8.59. The quantitative estimate of drug-likeness (QED) is 0.531. The summed E-state index contributed by atoms with van der Waals surface area (Å²) in [5.74, 6) is 1.38. The van der Waals surface area contributed by atoms with Crippen LogP contribution in [0, 0.1) is 0 Å². The lowest BCUT2D eigenvalue weighted by molar-refractivity contribution is -0.642. The van der Waals surface area contributed by atoms with Crippen LogP contribution in [0.5, 0.6) is 5.75 Å². The zero-order valence-electron chi connectivity index (χ0n) is 14.7. The van der Waals surface area contributed by atoms with E-state index in [1.807, 2.05) is 22.8 Å². The number of hydrogen-bond donors (Lipinski definition) is 1. The van der Waals surface area contributed by atoms with Crippen molar-refractivity contribution >= 4 is 22.8 Å². The number of methoxy groups -OCH3 is 1. The summed E-state index contributed by atoms with van der Waals surface area (Å²) in [7, 11) is 1.61. The Hall–Kier alpha value is -2.82. The van der Waals surface area contributed by atoms with Crippen molar-refractivity contribution in [2.45, 2.75) is 32.9 Å². The van der Waals surface area contributed by atoms with E-state index >= 15 is 0 Å². The minimum atomic E-state index is 0.0257. The third kappa shape index (κ3) is 3.36. The van der Waals surface area contributed by atoms with Gasteiger partial charge in [-0.15, -0.1) is 0 Å². The lowest BCUT2D eigenvalue weighted by Crippen LogP contribution is -2.40. The number of nitrogens with zero attached hydrogens (tertiary/aromatic N) is 2. The molecule has 5 nitrogen and oxygen atoms in total. The van der Waals surface area contributed by atoms with E-state index in [1.165, 1.54) is 0 Å². The van der Waals surface area contributed by atoms with Crippen LogP contribution in [0.25, 0.3) is 11.0 Å². The van der Waals surface area contributed by atoms with E-state index in [1.54, 1.807) is 31.4 Å². The van der Waals surface area contributed by atoms with Crippen LogP contribution >= 0.6 is 0 Å². The molecule has 0 aliphatic heterocycles. The molecule has 0 radical (unpaired) electrons. The van der Waals surface area contributed by atoms with Gasteiger partial charge >= 0.3 is 5.95 Å². The molecule has 2 N–H and O–H groups in total. The van der Waals surface area contributed by atoms with E-state index < -0.39 is 0 Å². The standard InChI is InChI=1S/C20H23N3O2/c1-3-4-13-22-17-7-5-6-8-18(17)23(20(22)21)14-19(24)15-9-11-16(25-2)12-10-15/h5-12,21H,3-4,13-14H2,1-2H3/p+1. The Morgan fingerprint density at radius 3 is 2.56 bits per heavy atom. The molecule has 1 heterocycles. The largest absolute Gasteiger partial charge is 0.497 e. The second-order valence-corrected chi connectivity index (χ2v) is 6.09. The van der Waals surface area contributed by atoms with E-state index in [9.17, 15) is 4.79 Å². The van der Waals surface area contributed by atoms with Crippen molar-refractivity contribution in [1.29, 1.82) is 0 Å². The number of ketones is 1. The molecule has 0 amide bonds. The van der Waals surface area contributed by atoms with Gasteiger partial charge in [-0.1, -0.05) is 25.5 Å². The van der Waals surface area contributed by atoms with E-state index in [2.05, 4.69) is 17.6 Å². The van der Waals surface area contributed by atoms with Gasteiger partial charge in [-0.25, -0.2) is 9.13 Å². The van der Waals surface area contributed by atoms with Gasteiger partial charge in [0, 0.05) is 5.56 Å². The minimum absolute atomic E-state index is 0.0257. The van der Waals surface area contributed by atoms with Crippen molar-refractivity contribution in [3.8, 4) is 5.75 Å². The smallest absolute Gasteiger partial charge is 0.356 e. The first-order chi connectivity index (χ1) is 12.2. The Bertz CT molecular complexity index is 882. The fourth-order valence-corrected chi connectivity index (χ4v) is 3.04. The number of ether oxygens (including phenoxy) is 1. The maximum Gasteiger partial charge on any atom is 0.356 e. The van der Waals surface area contributed by atoms with Crippen molar-refractivity contribution in [3.05, 3.63) is 54.1 Å². The summed E-state index contributed by atoms with van der Waals surface area (Å²) in [6.45, 7) is 3.23. The normalized spacial score (nSPS) is 11.0. The number of Topliss-reactive ketones (excluding diaryl/α,β-unsaturated/α-hetero) is 1. The number of nitrogens with two attached hydrogens (primary N) is 1. The van der Waals surface area contributed by atoms with Crippen molar-refractivity contribution in [2.75, 3.05) is 12.8 Å². The molecule has 0 spiro atoms. The maximum atomic E-state index is 12.7. The molecule has 0 aliphatic carbocycles. The molecule has 0 unspecified atom stereocenters. The van der Waals surface area contributed by atoms with Crippen LogP contribution in [0.3, 0.4) is 0 Å².